The van der Waals surface area contributed by atoms with Crippen LogP contribution in [0.3, 0.4) is 0 Å². The number of hydrogen-bond acceptors (Lipinski definition) is 7. The standard InChI is InChI=1S/C29H33N5O4/c1-18(35)26-7-6-22(15-31-26)34-16-20-4-3-5-23(24(20)14-28(34)37)29(30)25-17-33(19(2)36)11-8-27(25)32-21-9-12-38-13-10-21/h3-7,15,21,30,32H,8-14,16-17H2,1-2H3. The zero-order valence-corrected chi connectivity index (χ0v) is 21.9. The lowest BCUT2D eigenvalue weighted by Crippen LogP contribution is -2.43. The molecule has 3 aliphatic heterocycles. The van der Waals surface area contributed by atoms with E-state index in [1.165, 1.54) is 6.92 Å². The van der Waals surface area contributed by atoms with Crippen LogP contribution < -0.4 is 10.2 Å². The van der Waals surface area contributed by atoms with E-state index < -0.39 is 0 Å². The number of aromatic nitrogens is 1. The van der Waals surface area contributed by atoms with Crippen LogP contribution in [0.5, 0.6) is 0 Å². The van der Waals surface area contributed by atoms with Gasteiger partial charge in [0.25, 0.3) is 0 Å². The van der Waals surface area contributed by atoms with E-state index >= 15 is 0 Å². The molecular formula is C29H33N5O4. The molecule has 3 aliphatic rings. The van der Waals surface area contributed by atoms with E-state index in [4.69, 9.17) is 4.74 Å². The maximum absolute atomic E-state index is 13.3. The predicted octanol–water partition coefficient (Wildman–Crippen LogP) is 3.02. The third kappa shape index (κ3) is 5.24. The number of carbonyl (C=O) groups excluding carboxylic acids is 3. The van der Waals surface area contributed by atoms with E-state index in [1.807, 2.05) is 18.2 Å². The molecule has 0 radical (unpaired) electrons. The van der Waals surface area contributed by atoms with Gasteiger partial charge in [-0.25, -0.2) is 0 Å². The first-order valence-corrected chi connectivity index (χ1v) is 13.1. The Labute approximate surface area is 222 Å². The van der Waals surface area contributed by atoms with Crippen molar-refractivity contribution in [2.75, 3.05) is 31.2 Å². The van der Waals surface area contributed by atoms with Crippen molar-refractivity contribution >= 4 is 29.0 Å². The fourth-order valence-corrected chi connectivity index (χ4v) is 5.39. The summed E-state index contributed by atoms with van der Waals surface area (Å²) >= 11 is 0. The average molecular weight is 516 g/mol. The lowest BCUT2D eigenvalue weighted by atomic mass is 9.87. The number of ketones is 1. The number of ether oxygens (including phenoxy) is 1. The second-order valence-electron chi connectivity index (χ2n) is 10.1. The van der Waals surface area contributed by atoms with E-state index in [0.29, 0.717) is 43.1 Å². The lowest BCUT2D eigenvalue weighted by Gasteiger charge is -2.35. The van der Waals surface area contributed by atoms with E-state index in [2.05, 4.69) is 10.3 Å². The topological polar surface area (TPSA) is 116 Å². The van der Waals surface area contributed by atoms with Crippen molar-refractivity contribution in [1.29, 1.82) is 5.41 Å². The summed E-state index contributed by atoms with van der Waals surface area (Å²) in [6, 6.07) is 9.48. The molecule has 0 unspecified atom stereocenters. The third-order valence-corrected chi connectivity index (χ3v) is 7.61. The zero-order valence-electron chi connectivity index (χ0n) is 21.9. The summed E-state index contributed by atoms with van der Waals surface area (Å²) < 4.78 is 5.50. The number of nitrogens with zero attached hydrogens (tertiary/aromatic N) is 3. The lowest BCUT2D eigenvalue weighted by molar-refractivity contribution is -0.128. The molecule has 0 bridgehead atoms. The van der Waals surface area contributed by atoms with Gasteiger partial charge >= 0.3 is 0 Å². The monoisotopic (exact) mass is 515 g/mol. The molecule has 1 fully saturated rings. The van der Waals surface area contributed by atoms with Crippen LogP contribution in [0.4, 0.5) is 5.69 Å². The minimum Gasteiger partial charge on any atom is -0.385 e. The molecule has 0 spiro atoms. The Kier molecular flexibility index (Phi) is 7.37. The number of nitrogens with one attached hydrogen (secondary N) is 2. The van der Waals surface area contributed by atoms with E-state index in [-0.39, 0.29) is 30.1 Å². The molecule has 0 saturated carbocycles. The molecule has 0 aliphatic carbocycles. The molecule has 2 amide bonds. The average Bonchev–Trinajstić information content (AvgIpc) is 2.92. The number of benzene rings is 1. The van der Waals surface area contributed by atoms with Gasteiger partial charge in [-0.3, -0.25) is 24.8 Å². The summed E-state index contributed by atoms with van der Waals surface area (Å²) in [7, 11) is 0. The molecule has 198 valence electrons. The van der Waals surface area contributed by atoms with Crippen molar-refractivity contribution in [3.8, 4) is 0 Å². The Hall–Kier alpha value is -3.85. The first kappa shape index (κ1) is 25.8. The second kappa shape index (κ2) is 10.9. The molecule has 9 heteroatoms. The molecule has 0 atom stereocenters. The smallest absolute Gasteiger partial charge is 0.231 e. The van der Waals surface area contributed by atoms with Crippen LogP contribution in [-0.2, 0) is 27.3 Å². The third-order valence-electron chi connectivity index (χ3n) is 7.61. The Balaban J connectivity index is 1.45. The van der Waals surface area contributed by atoms with Crippen molar-refractivity contribution in [3.05, 3.63) is 70.2 Å². The maximum Gasteiger partial charge on any atom is 0.231 e. The van der Waals surface area contributed by atoms with Gasteiger partial charge in [-0.05, 0) is 36.1 Å². The number of anilines is 1. The highest BCUT2D eigenvalue weighted by atomic mass is 16.5. The predicted molar refractivity (Wildman–Crippen MR) is 143 cm³/mol. The maximum atomic E-state index is 13.3. The molecule has 9 nitrogen and oxygen atoms in total. The van der Waals surface area contributed by atoms with Gasteiger partial charge in [0, 0.05) is 69.4 Å². The van der Waals surface area contributed by atoms with Gasteiger partial charge in [0.1, 0.15) is 5.69 Å². The summed E-state index contributed by atoms with van der Waals surface area (Å²) in [4.78, 5) is 44.7. The van der Waals surface area contributed by atoms with Gasteiger partial charge in [0.05, 0.1) is 30.6 Å². The summed E-state index contributed by atoms with van der Waals surface area (Å²) in [5, 5.41) is 12.9. The second-order valence-corrected chi connectivity index (χ2v) is 10.1. The number of carbonyl (C=O) groups is 3. The van der Waals surface area contributed by atoms with Crippen molar-refractivity contribution in [2.24, 2.45) is 0 Å². The molecule has 1 saturated heterocycles. The zero-order chi connectivity index (χ0) is 26.8. The Morgan fingerprint density at radius 1 is 1.11 bits per heavy atom. The van der Waals surface area contributed by atoms with Gasteiger partial charge in [0.2, 0.25) is 11.8 Å². The van der Waals surface area contributed by atoms with Crippen molar-refractivity contribution < 1.29 is 19.1 Å². The molecule has 38 heavy (non-hydrogen) atoms. The van der Waals surface area contributed by atoms with Gasteiger partial charge in [-0.15, -0.1) is 0 Å². The van der Waals surface area contributed by atoms with Crippen LogP contribution in [0.2, 0.25) is 0 Å². The molecule has 1 aromatic heterocycles. The fraction of sp³-hybridized carbons (Fsp3) is 0.414. The van der Waals surface area contributed by atoms with Gasteiger partial charge < -0.3 is 19.9 Å². The minimum atomic E-state index is -0.124. The van der Waals surface area contributed by atoms with Crippen LogP contribution in [0.15, 0.2) is 47.8 Å². The van der Waals surface area contributed by atoms with Crippen molar-refractivity contribution in [2.45, 2.75) is 52.1 Å². The van der Waals surface area contributed by atoms with Crippen LogP contribution in [0.1, 0.15) is 60.3 Å². The van der Waals surface area contributed by atoms with Gasteiger partial charge in [-0.1, -0.05) is 18.2 Å². The number of hydrogen-bond donors (Lipinski definition) is 2. The summed E-state index contributed by atoms with van der Waals surface area (Å²) in [6.45, 7) is 5.81. The largest absolute Gasteiger partial charge is 0.385 e. The van der Waals surface area contributed by atoms with E-state index in [1.54, 1.807) is 35.1 Å². The fourth-order valence-electron chi connectivity index (χ4n) is 5.39. The number of fused-ring (bicyclic) bond motifs is 1. The van der Waals surface area contributed by atoms with Crippen molar-refractivity contribution in [1.82, 2.24) is 15.2 Å². The molecule has 2 aromatic rings. The van der Waals surface area contributed by atoms with E-state index in [0.717, 1.165) is 54.0 Å². The molecular weight excluding hydrogens is 482 g/mol. The Morgan fingerprint density at radius 2 is 1.89 bits per heavy atom. The summed E-state index contributed by atoms with van der Waals surface area (Å²) in [5.41, 5.74) is 5.73. The molecule has 1 aromatic carbocycles. The quantitative estimate of drug-likeness (QED) is 0.451. The van der Waals surface area contributed by atoms with Crippen LogP contribution in [0, 0.1) is 5.41 Å². The van der Waals surface area contributed by atoms with E-state index in [9.17, 15) is 19.8 Å². The SMILES string of the molecule is CC(=O)c1ccc(N2Cc3cccc(C(=N)C4=C(NC5CCOCC5)CCN(C(C)=O)C4)c3CC2=O)cn1. The van der Waals surface area contributed by atoms with Crippen LogP contribution in [-0.4, -0.2) is 65.5 Å². The summed E-state index contributed by atoms with van der Waals surface area (Å²) in [6.07, 6.45) is 4.21. The number of pyridine rings is 1. The highest BCUT2D eigenvalue weighted by molar-refractivity contribution is 6.13. The first-order chi connectivity index (χ1) is 18.3. The number of amides is 2. The highest BCUT2D eigenvalue weighted by Gasteiger charge is 2.31. The highest BCUT2D eigenvalue weighted by Crippen LogP contribution is 2.30. The normalized spacial score (nSPS) is 18.3. The molecule has 4 heterocycles. The minimum absolute atomic E-state index is 0.00859. The molecule has 5 rings (SSSR count). The first-order valence-electron chi connectivity index (χ1n) is 13.1. The number of rotatable bonds is 6. The van der Waals surface area contributed by atoms with Crippen molar-refractivity contribution in [3.63, 3.8) is 0 Å². The van der Waals surface area contributed by atoms with Crippen LogP contribution in [0.25, 0.3) is 0 Å². The van der Waals surface area contributed by atoms with Crippen LogP contribution >= 0.6 is 0 Å². The van der Waals surface area contributed by atoms with Gasteiger partial charge in [0.15, 0.2) is 5.78 Å². The van der Waals surface area contributed by atoms with Gasteiger partial charge in [-0.2, -0.15) is 0 Å². The Bertz CT molecular complexity index is 1310. The Morgan fingerprint density at radius 3 is 2.58 bits per heavy atom. The molecule has 2 N–H and O–H groups in total. The number of Topliss-reactive ketones (excluding diaryl/α,β-unsaturated/α-hetero) is 1. The summed E-state index contributed by atoms with van der Waals surface area (Å²) in [5.74, 6) is -0.217.